The SMILES string of the molecule is Cc1oc2ccc(OCc3cccnc3C(F)(F)F)cc2c1C(=O)n1cc(N)cn1. The Kier molecular flexibility index (Phi) is 4.69. The Bertz CT molecular complexity index is 1240. The lowest BCUT2D eigenvalue weighted by molar-refractivity contribution is -0.142. The Hall–Kier alpha value is -3.82. The fourth-order valence-electron chi connectivity index (χ4n) is 3.09. The molecule has 4 aromatic rings. The van der Waals surface area contributed by atoms with Crippen LogP contribution in [0.1, 0.15) is 27.4 Å². The predicted octanol–water partition coefficient (Wildman–Crippen LogP) is 4.20. The third kappa shape index (κ3) is 3.59. The molecule has 0 fully saturated rings. The van der Waals surface area contributed by atoms with Gasteiger partial charge in [-0.2, -0.15) is 18.3 Å². The van der Waals surface area contributed by atoms with Gasteiger partial charge in [-0.3, -0.25) is 9.78 Å². The highest BCUT2D eigenvalue weighted by molar-refractivity contribution is 6.08. The number of anilines is 1. The number of rotatable bonds is 4. The van der Waals surface area contributed by atoms with Gasteiger partial charge in [-0.05, 0) is 31.2 Å². The average Bonchev–Trinajstić information content (AvgIpc) is 3.27. The second-order valence-electron chi connectivity index (χ2n) is 6.51. The number of aromatic nitrogens is 3. The fraction of sp³-hybridized carbons (Fsp3) is 0.150. The lowest BCUT2D eigenvalue weighted by Gasteiger charge is -2.12. The van der Waals surface area contributed by atoms with E-state index in [1.165, 1.54) is 30.6 Å². The minimum absolute atomic E-state index is 0.100. The first-order valence-electron chi connectivity index (χ1n) is 8.76. The van der Waals surface area contributed by atoms with Crippen molar-refractivity contribution in [1.29, 1.82) is 0 Å². The number of halogens is 3. The molecule has 3 aromatic heterocycles. The monoisotopic (exact) mass is 416 g/mol. The van der Waals surface area contributed by atoms with Gasteiger partial charge in [-0.25, -0.2) is 4.68 Å². The van der Waals surface area contributed by atoms with Gasteiger partial charge in [0.2, 0.25) is 0 Å². The molecule has 154 valence electrons. The summed E-state index contributed by atoms with van der Waals surface area (Å²) in [4.78, 5) is 16.2. The summed E-state index contributed by atoms with van der Waals surface area (Å²) in [5.74, 6) is 0.189. The van der Waals surface area contributed by atoms with Crippen LogP contribution in [0.25, 0.3) is 11.0 Å². The first-order valence-corrected chi connectivity index (χ1v) is 8.76. The first-order chi connectivity index (χ1) is 14.2. The number of fused-ring (bicyclic) bond motifs is 1. The number of benzene rings is 1. The molecule has 0 aliphatic carbocycles. The number of carbonyl (C=O) groups excluding carboxylic acids is 1. The van der Waals surface area contributed by atoms with Crippen LogP contribution in [0.3, 0.4) is 0 Å². The standard InChI is InChI=1S/C20H15F3N4O3/c1-11-17(19(28)27-9-13(24)8-26-27)15-7-14(4-5-16(15)30-11)29-10-12-3-2-6-25-18(12)20(21,22)23/h2-9H,10,24H2,1H3. The van der Waals surface area contributed by atoms with Crippen LogP contribution in [-0.4, -0.2) is 20.7 Å². The van der Waals surface area contributed by atoms with Crippen molar-refractivity contribution >= 4 is 22.6 Å². The van der Waals surface area contributed by atoms with Crippen molar-refractivity contribution in [1.82, 2.24) is 14.8 Å². The van der Waals surface area contributed by atoms with Gasteiger partial charge in [0.1, 0.15) is 23.7 Å². The van der Waals surface area contributed by atoms with E-state index in [0.717, 1.165) is 10.9 Å². The number of hydrogen-bond acceptors (Lipinski definition) is 6. The van der Waals surface area contributed by atoms with Gasteiger partial charge in [0.15, 0.2) is 5.69 Å². The zero-order chi connectivity index (χ0) is 21.5. The first kappa shape index (κ1) is 19.5. The van der Waals surface area contributed by atoms with Crippen LogP contribution in [-0.2, 0) is 12.8 Å². The largest absolute Gasteiger partial charge is 0.489 e. The van der Waals surface area contributed by atoms with Crippen molar-refractivity contribution in [3.8, 4) is 5.75 Å². The van der Waals surface area contributed by atoms with E-state index in [1.807, 2.05) is 0 Å². The molecule has 7 nitrogen and oxygen atoms in total. The number of alkyl halides is 3. The van der Waals surface area contributed by atoms with Gasteiger partial charge < -0.3 is 14.9 Å². The zero-order valence-electron chi connectivity index (χ0n) is 15.6. The van der Waals surface area contributed by atoms with Crippen molar-refractivity contribution in [2.75, 3.05) is 5.73 Å². The minimum Gasteiger partial charge on any atom is -0.489 e. The fourth-order valence-corrected chi connectivity index (χ4v) is 3.09. The molecule has 0 spiro atoms. The molecule has 0 aliphatic rings. The van der Waals surface area contributed by atoms with Crippen LogP contribution in [0.4, 0.5) is 18.9 Å². The molecule has 2 N–H and O–H groups in total. The van der Waals surface area contributed by atoms with E-state index >= 15 is 0 Å². The molecule has 0 radical (unpaired) electrons. The maximum absolute atomic E-state index is 13.1. The molecule has 3 heterocycles. The molecule has 4 rings (SSSR count). The number of furan rings is 1. The van der Waals surface area contributed by atoms with Crippen molar-refractivity contribution in [2.24, 2.45) is 0 Å². The lowest BCUT2D eigenvalue weighted by Crippen LogP contribution is -2.13. The second-order valence-corrected chi connectivity index (χ2v) is 6.51. The number of hydrogen-bond donors (Lipinski definition) is 1. The quantitative estimate of drug-likeness (QED) is 0.536. The number of pyridine rings is 1. The van der Waals surface area contributed by atoms with Crippen LogP contribution in [0.2, 0.25) is 0 Å². The van der Waals surface area contributed by atoms with Gasteiger partial charge >= 0.3 is 6.18 Å². The Balaban J connectivity index is 1.65. The van der Waals surface area contributed by atoms with E-state index in [4.69, 9.17) is 14.9 Å². The maximum Gasteiger partial charge on any atom is 0.433 e. The summed E-state index contributed by atoms with van der Waals surface area (Å²) >= 11 is 0. The second kappa shape index (κ2) is 7.21. The van der Waals surface area contributed by atoms with Gasteiger partial charge in [-0.1, -0.05) is 6.07 Å². The van der Waals surface area contributed by atoms with E-state index in [-0.39, 0.29) is 23.5 Å². The van der Waals surface area contributed by atoms with E-state index in [9.17, 15) is 18.0 Å². The van der Waals surface area contributed by atoms with E-state index < -0.39 is 17.8 Å². The van der Waals surface area contributed by atoms with Gasteiger partial charge in [0.25, 0.3) is 5.91 Å². The third-order valence-corrected chi connectivity index (χ3v) is 4.41. The molecule has 10 heteroatoms. The van der Waals surface area contributed by atoms with Gasteiger partial charge in [0, 0.05) is 17.1 Å². The zero-order valence-corrected chi connectivity index (χ0v) is 15.6. The molecule has 0 aliphatic heterocycles. The Morgan fingerprint density at radius 2 is 2.10 bits per heavy atom. The molecule has 0 saturated carbocycles. The Morgan fingerprint density at radius 3 is 2.80 bits per heavy atom. The van der Waals surface area contributed by atoms with Crippen molar-refractivity contribution < 1.29 is 27.1 Å². The topological polar surface area (TPSA) is 96.2 Å². The average molecular weight is 416 g/mol. The molecule has 1 aromatic carbocycles. The van der Waals surface area contributed by atoms with E-state index in [0.29, 0.717) is 22.4 Å². The highest BCUT2D eigenvalue weighted by Crippen LogP contribution is 2.32. The molecular formula is C20H15F3N4O3. The lowest BCUT2D eigenvalue weighted by atomic mass is 10.1. The van der Waals surface area contributed by atoms with E-state index in [1.54, 1.807) is 19.1 Å². The summed E-state index contributed by atoms with van der Waals surface area (Å²) < 4.78 is 51.6. The van der Waals surface area contributed by atoms with E-state index in [2.05, 4.69) is 10.1 Å². The number of nitrogens with two attached hydrogens (primary N) is 1. The van der Waals surface area contributed by atoms with Crippen LogP contribution in [0, 0.1) is 6.92 Å². The highest BCUT2D eigenvalue weighted by Gasteiger charge is 2.35. The minimum atomic E-state index is -4.59. The molecule has 0 bridgehead atoms. The van der Waals surface area contributed by atoms with Gasteiger partial charge in [0.05, 0.1) is 23.6 Å². The van der Waals surface area contributed by atoms with Crippen LogP contribution >= 0.6 is 0 Å². The summed E-state index contributed by atoms with van der Waals surface area (Å²) in [5.41, 5.74) is 5.54. The summed E-state index contributed by atoms with van der Waals surface area (Å²) in [6.45, 7) is 1.29. The molecular weight excluding hydrogens is 401 g/mol. The normalized spacial score (nSPS) is 11.7. The summed E-state index contributed by atoms with van der Waals surface area (Å²) in [6, 6.07) is 7.38. The smallest absolute Gasteiger partial charge is 0.433 e. The maximum atomic E-state index is 13.1. The summed E-state index contributed by atoms with van der Waals surface area (Å²) in [7, 11) is 0. The number of nitrogen functional groups attached to an aromatic ring is 1. The Morgan fingerprint density at radius 1 is 1.30 bits per heavy atom. The number of ether oxygens (including phenoxy) is 1. The highest BCUT2D eigenvalue weighted by atomic mass is 19.4. The molecule has 0 unspecified atom stereocenters. The van der Waals surface area contributed by atoms with Crippen molar-refractivity contribution in [2.45, 2.75) is 19.7 Å². The van der Waals surface area contributed by atoms with Crippen LogP contribution in [0.15, 0.2) is 53.3 Å². The number of carbonyl (C=O) groups is 1. The van der Waals surface area contributed by atoms with Crippen LogP contribution < -0.4 is 10.5 Å². The molecule has 0 atom stereocenters. The number of nitrogens with zero attached hydrogens (tertiary/aromatic N) is 3. The van der Waals surface area contributed by atoms with Crippen LogP contribution in [0.5, 0.6) is 5.75 Å². The molecule has 30 heavy (non-hydrogen) atoms. The summed E-state index contributed by atoms with van der Waals surface area (Å²) in [6.07, 6.45) is -0.790. The molecule has 0 amide bonds. The number of aryl methyl sites for hydroxylation is 1. The molecule has 0 saturated heterocycles. The van der Waals surface area contributed by atoms with Crippen molar-refractivity contribution in [3.63, 3.8) is 0 Å². The predicted molar refractivity (Wildman–Crippen MR) is 101 cm³/mol. The summed E-state index contributed by atoms with van der Waals surface area (Å²) in [5, 5.41) is 4.36. The third-order valence-electron chi connectivity index (χ3n) is 4.41. The van der Waals surface area contributed by atoms with Gasteiger partial charge in [-0.15, -0.1) is 0 Å². The Labute approximate surface area is 167 Å². The van der Waals surface area contributed by atoms with Crippen molar-refractivity contribution in [3.05, 3.63) is 71.5 Å².